The van der Waals surface area contributed by atoms with Crippen LogP contribution < -0.4 is 16.6 Å². The summed E-state index contributed by atoms with van der Waals surface area (Å²) in [6.45, 7) is 1.55. The Morgan fingerprint density at radius 3 is 2.66 bits per heavy atom. The van der Waals surface area contributed by atoms with Crippen LogP contribution in [0.2, 0.25) is 0 Å². The minimum Gasteiger partial charge on any atom is -0.391 e. The highest BCUT2D eigenvalue weighted by Crippen LogP contribution is 2.45. The largest absolute Gasteiger partial charge is 0.391 e. The molecule has 6 unspecified atom stereocenters. The number of aliphatic hydroxyl groups is 3. The van der Waals surface area contributed by atoms with Crippen LogP contribution in [0.1, 0.15) is 73.6 Å². The predicted octanol–water partition coefficient (Wildman–Crippen LogP) is 0.337. The lowest BCUT2D eigenvalue weighted by molar-refractivity contribution is -0.137. The van der Waals surface area contributed by atoms with E-state index in [0.29, 0.717) is 36.3 Å². The van der Waals surface area contributed by atoms with Gasteiger partial charge in [0.15, 0.2) is 11.8 Å². The lowest BCUT2D eigenvalue weighted by Gasteiger charge is -2.40. The Balaban J connectivity index is 1.28. The SMILES string of the molecule is CC(O)C(O)Cc1c(C2CC3CCC(C2)N3C(=O)C2N=CNN2)nc2c(-c3cnc4c(c3)CCC4O)cnn2c1N. The summed E-state index contributed by atoms with van der Waals surface area (Å²) in [7, 11) is 0. The Morgan fingerprint density at radius 1 is 1.17 bits per heavy atom. The van der Waals surface area contributed by atoms with E-state index < -0.39 is 24.5 Å². The highest BCUT2D eigenvalue weighted by molar-refractivity contribution is 5.85. The Bertz CT molecular complexity index is 1520. The van der Waals surface area contributed by atoms with Crippen LogP contribution >= 0.6 is 0 Å². The molecule has 1 aliphatic carbocycles. The van der Waals surface area contributed by atoms with Gasteiger partial charge in [0, 0.05) is 47.3 Å². The van der Waals surface area contributed by atoms with Crippen LogP contribution in [0.3, 0.4) is 0 Å². The van der Waals surface area contributed by atoms with Crippen LogP contribution in [0, 0.1) is 0 Å². The van der Waals surface area contributed by atoms with Crippen molar-refractivity contribution in [3.63, 3.8) is 0 Å². The zero-order valence-corrected chi connectivity index (χ0v) is 22.8. The summed E-state index contributed by atoms with van der Waals surface area (Å²) in [5.74, 6) is 0.355. The Morgan fingerprint density at radius 2 is 1.95 bits per heavy atom. The number of amides is 1. The lowest BCUT2D eigenvalue weighted by Crippen LogP contribution is -2.53. The highest BCUT2D eigenvalue weighted by Gasteiger charge is 2.46. The molecule has 7 N–H and O–H groups in total. The second kappa shape index (κ2) is 10.0. The van der Waals surface area contributed by atoms with Crippen molar-refractivity contribution < 1.29 is 20.1 Å². The fraction of sp³-hybridized carbons (Fsp3) is 0.536. The molecule has 7 rings (SSSR count). The first-order valence-corrected chi connectivity index (χ1v) is 14.3. The number of carbonyl (C=O) groups is 1. The molecule has 3 aromatic rings. The number of hydrogen-bond acceptors (Lipinski definition) is 11. The molecular weight excluding hydrogens is 526 g/mol. The number of nitrogens with zero attached hydrogens (tertiary/aromatic N) is 6. The second-order valence-electron chi connectivity index (χ2n) is 11.8. The monoisotopic (exact) mass is 561 g/mol. The first-order valence-electron chi connectivity index (χ1n) is 14.3. The van der Waals surface area contributed by atoms with Crippen LogP contribution in [0.5, 0.6) is 0 Å². The topological polar surface area (TPSA) is 187 Å². The van der Waals surface area contributed by atoms with Gasteiger partial charge in [-0.25, -0.2) is 15.4 Å². The van der Waals surface area contributed by atoms with E-state index in [2.05, 4.69) is 25.9 Å². The van der Waals surface area contributed by atoms with Crippen LogP contribution in [-0.4, -0.2) is 82.5 Å². The Kier molecular flexibility index (Phi) is 6.41. The first kappa shape index (κ1) is 26.3. The van der Waals surface area contributed by atoms with Crippen molar-refractivity contribution in [2.24, 2.45) is 4.99 Å². The molecule has 6 heterocycles. The third-order valence-electron chi connectivity index (χ3n) is 9.22. The van der Waals surface area contributed by atoms with Crippen molar-refractivity contribution in [3.05, 3.63) is 41.0 Å². The third-order valence-corrected chi connectivity index (χ3v) is 9.22. The number of piperidine rings is 1. The molecule has 2 fully saturated rings. The molecule has 1 amide bonds. The van der Waals surface area contributed by atoms with Gasteiger partial charge in [0.05, 0.1) is 42.2 Å². The Labute approximate surface area is 236 Å². The molecule has 2 bridgehead atoms. The van der Waals surface area contributed by atoms with E-state index in [9.17, 15) is 20.1 Å². The maximum Gasteiger partial charge on any atom is 0.264 e. The maximum absolute atomic E-state index is 13.3. The molecule has 13 nitrogen and oxygen atoms in total. The molecule has 0 aromatic carbocycles. The van der Waals surface area contributed by atoms with E-state index >= 15 is 0 Å². The molecule has 4 aliphatic rings. The standard InChI is InChI=1S/C28H35N9O4/c1-13(38)22(40)9-19-23(15-7-17-3-4-18(8-15)36(17)28(41)26-31-12-32-35-26)34-27-20(11-33-37(27)25(19)29)16-6-14-2-5-21(39)24(14)30-10-16/h6,10-13,15,17-18,21-22,26,35,38-40H,2-5,7-9,29H2,1H3,(H,31,32). The summed E-state index contributed by atoms with van der Waals surface area (Å²) in [5.41, 5.74) is 17.8. The van der Waals surface area contributed by atoms with Gasteiger partial charge in [-0.1, -0.05) is 0 Å². The van der Waals surface area contributed by atoms with Crippen LogP contribution in [-0.2, 0) is 17.6 Å². The fourth-order valence-corrected chi connectivity index (χ4v) is 7.09. The summed E-state index contributed by atoms with van der Waals surface area (Å²) in [5, 5.41) is 35.5. The molecule has 216 valence electrons. The number of aliphatic imine (C=N–C) groups is 1. The third kappa shape index (κ3) is 4.35. The molecule has 0 radical (unpaired) electrons. The number of nitrogens with one attached hydrogen (secondary N) is 2. The number of aliphatic hydroxyl groups excluding tert-OH is 3. The van der Waals surface area contributed by atoms with Crippen molar-refractivity contribution in [3.8, 4) is 11.1 Å². The second-order valence-corrected chi connectivity index (χ2v) is 11.8. The molecule has 3 aliphatic heterocycles. The molecule has 2 saturated heterocycles. The number of hydrogen-bond donors (Lipinski definition) is 6. The van der Waals surface area contributed by atoms with E-state index in [1.807, 2.05) is 11.0 Å². The van der Waals surface area contributed by atoms with E-state index in [-0.39, 0.29) is 30.3 Å². The molecule has 41 heavy (non-hydrogen) atoms. The molecule has 0 spiro atoms. The minimum atomic E-state index is -1.02. The summed E-state index contributed by atoms with van der Waals surface area (Å²) in [6, 6.07) is 2.14. The van der Waals surface area contributed by atoms with Crippen LogP contribution in [0.15, 0.2) is 23.5 Å². The lowest BCUT2D eigenvalue weighted by atomic mass is 9.84. The Hall–Kier alpha value is -3.65. The fourth-order valence-electron chi connectivity index (χ4n) is 7.09. The van der Waals surface area contributed by atoms with Gasteiger partial charge in [0.2, 0.25) is 0 Å². The molecule has 0 saturated carbocycles. The summed E-state index contributed by atoms with van der Waals surface area (Å²) >= 11 is 0. The maximum atomic E-state index is 13.3. The number of pyridine rings is 1. The van der Waals surface area contributed by atoms with E-state index in [0.717, 1.165) is 47.3 Å². The van der Waals surface area contributed by atoms with E-state index in [1.54, 1.807) is 23.8 Å². The van der Waals surface area contributed by atoms with Gasteiger partial charge in [-0.2, -0.15) is 9.61 Å². The number of aromatic nitrogens is 4. The van der Waals surface area contributed by atoms with E-state index in [1.165, 1.54) is 6.34 Å². The quantitative estimate of drug-likeness (QED) is 0.245. The average Bonchev–Trinajstić information content (AvgIpc) is 3.76. The zero-order chi connectivity index (χ0) is 28.4. The molecule has 3 aromatic heterocycles. The highest BCUT2D eigenvalue weighted by atomic mass is 16.3. The number of fused-ring (bicyclic) bond motifs is 4. The molecule has 13 heteroatoms. The van der Waals surface area contributed by atoms with Gasteiger partial charge >= 0.3 is 0 Å². The van der Waals surface area contributed by atoms with Crippen molar-refractivity contribution in [1.82, 2.24) is 35.3 Å². The minimum absolute atomic E-state index is 0.00857. The summed E-state index contributed by atoms with van der Waals surface area (Å²) < 4.78 is 1.59. The average molecular weight is 562 g/mol. The van der Waals surface area contributed by atoms with Crippen molar-refractivity contribution in [2.45, 2.75) is 94.3 Å². The van der Waals surface area contributed by atoms with Gasteiger partial charge in [0.1, 0.15) is 5.82 Å². The number of anilines is 1. The number of aryl methyl sites for hydroxylation is 1. The number of hydrazine groups is 1. The van der Waals surface area contributed by atoms with Gasteiger partial charge in [-0.3, -0.25) is 9.78 Å². The van der Waals surface area contributed by atoms with Crippen molar-refractivity contribution >= 4 is 23.7 Å². The van der Waals surface area contributed by atoms with Crippen molar-refractivity contribution in [1.29, 1.82) is 0 Å². The van der Waals surface area contributed by atoms with Gasteiger partial charge < -0.3 is 31.4 Å². The van der Waals surface area contributed by atoms with Gasteiger partial charge in [-0.15, -0.1) is 0 Å². The molecular formula is C28H35N9O4. The summed E-state index contributed by atoms with van der Waals surface area (Å²) in [4.78, 5) is 29.2. The van der Waals surface area contributed by atoms with E-state index in [4.69, 9.17) is 10.7 Å². The van der Waals surface area contributed by atoms with Crippen LogP contribution in [0.4, 0.5) is 5.82 Å². The zero-order valence-electron chi connectivity index (χ0n) is 22.8. The number of nitrogens with two attached hydrogens (primary N) is 1. The summed E-state index contributed by atoms with van der Waals surface area (Å²) in [6.07, 6.45) is 6.66. The predicted molar refractivity (Wildman–Crippen MR) is 149 cm³/mol. The first-order chi connectivity index (χ1) is 19.8. The van der Waals surface area contributed by atoms with Gasteiger partial charge in [0.25, 0.3) is 5.91 Å². The normalized spacial score (nSPS) is 28.2. The van der Waals surface area contributed by atoms with Gasteiger partial charge in [-0.05, 0) is 57.1 Å². The van der Waals surface area contributed by atoms with Crippen LogP contribution in [0.25, 0.3) is 16.8 Å². The molecule has 6 atom stereocenters. The van der Waals surface area contributed by atoms with Crippen molar-refractivity contribution in [2.75, 3.05) is 5.73 Å². The number of nitrogen functional groups attached to an aromatic ring is 1. The number of rotatable bonds is 6. The number of carbonyl (C=O) groups excluding carboxylic acids is 1. The smallest absolute Gasteiger partial charge is 0.264 e.